The molecule has 11 heavy (non-hydrogen) atoms. The van der Waals surface area contributed by atoms with Crippen LogP contribution in [0.3, 0.4) is 0 Å². The van der Waals surface area contributed by atoms with Crippen LogP contribution < -0.4 is 0 Å². The number of phenols is 3. The van der Waals surface area contributed by atoms with Crippen molar-refractivity contribution in [3.8, 4) is 17.2 Å². The van der Waals surface area contributed by atoms with E-state index in [1.165, 1.54) is 0 Å². The zero-order valence-electron chi connectivity index (χ0n) is 5.10. The largest absolute Gasteiger partial charge is 0.506 e. The first-order valence-corrected chi connectivity index (χ1v) is 4.13. The number of aromatic hydroxyl groups is 3. The highest BCUT2D eigenvalue weighted by Gasteiger charge is 2.12. The number of hydrogen-bond donors (Lipinski definition) is 3. The van der Waals surface area contributed by atoms with Crippen LogP contribution in [0.4, 0.5) is 0 Å². The molecule has 1 aromatic rings. The minimum absolute atomic E-state index is 0.0992. The molecular formula is C6H3Br2O3. The molecule has 0 amide bonds. The fraction of sp³-hybridized carbons (Fsp3) is 0. The van der Waals surface area contributed by atoms with Crippen LogP contribution in [0.1, 0.15) is 0 Å². The summed E-state index contributed by atoms with van der Waals surface area (Å²) < 4.78 is 0.198. The van der Waals surface area contributed by atoms with E-state index in [2.05, 4.69) is 37.9 Å². The van der Waals surface area contributed by atoms with Gasteiger partial charge in [-0.25, -0.2) is 0 Å². The van der Waals surface area contributed by atoms with Crippen LogP contribution in [0.2, 0.25) is 0 Å². The summed E-state index contributed by atoms with van der Waals surface area (Å²) in [7, 11) is 0. The third-order valence-electron chi connectivity index (χ3n) is 1.07. The van der Waals surface area contributed by atoms with Crippen molar-refractivity contribution in [2.24, 2.45) is 0 Å². The first-order valence-electron chi connectivity index (χ1n) is 2.55. The van der Waals surface area contributed by atoms with Crippen molar-refractivity contribution in [3.05, 3.63) is 15.0 Å². The van der Waals surface area contributed by atoms with Crippen LogP contribution in [-0.2, 0) is 0 Å². The Morgan fingerprint density at radius 3 is 1.64 bits per heavy atom. The van der Waals surface area contributed by atoms with Crippen molar-refractivity contribution in [1.29, 1.82) is 0 Å². The maximum absolute atomic E-state index is 9.13. The molecule has 0 unspecified atom stereocenters. The highest BCUT2D eigenvalue weighted by atomic mass is 79.9. The molecule has 0 spiro atoms. The molecule has 3 nitrogen and oxygen atoms in total. The maximum Gasteiger partial charge on any atom is 0.151 e. The summed E-state index contributed by atoms with van der Waals surface area (Å²) in [6.45, 7) is 0. The molecule has 3 N–H and O–H groups in total. The summed E-state index contributed by atoms with van der Waals surface area (Å²) in [5.41, 5.74) is 0. The van der Waals surface area contributed by atoms with Crippen molar-refractivity contribution in [1.82, 2.24) is 0 Å². The average Bonchev–Trinajstić information content (AvgIpc) is 1.97. The maximum atomic E-state index is 9.13. The lowest BCUT2D eigenvalue weighted by molar-refractivity contribution is 0.417. The second kappa shape index (κ2) is 2.91. The Labute approximate surface area is 79.5 Å². The first kappa shape index (κ1) is 8.67. The molecule has 0 bridgehead atoms. The van der Waals surface area contributed by atoms with Crippen molar-refractivity contribution in [2.45, 2.75) is 0 Å². The second-order valence-electron chi connectivity index (χ2n) is 1.80. The van der Waals surface area contributed by atoms with E-state index in [4.69, 9.17) is 15.3 Å². The van der Waals surface area contributed by atoms with E-state index in [0.717, 1.165) is 0 Å². The van der Waals surface area contributed by atoms with Gasteiger partial charge < -0.3 is 15.3 Å². The highest BCUT2D eigenvalue weighted by Crippen LogP contribution is 2.43. The molecule has 0 saturated heterocycles. The van der Waals surface area contributed by atoms with Gasteiger partial charge in [-0.15, -0.1) is 0 Å². The summed E-state index contributed by atoms with van der Waals surface area (Å²) in [6.07, 6.45) is 0. The van der Waals surface area contributed by atoms with Crippen LogP contribution in [-0.4, -0.2) is 15.3 Å². The van der Waals surface area contributed by atoms with Crippen molar-refractivity contribution in [3.63, 3.8) is 0 Å². The van der Waals surface area contributed by atoms with E-state index in [1.807, 2.05) is 0 Å². The van der Waals surface area contributed by atoms with Gasteiger partial charge in [-0.05, 0) is 31.9 Å². The van der Waals surface area contributed by atoms with Gasteiger partial charge in [0.15, 0.2) is 5.75 Å². The normalized spacial score (nSPS) is 10.0. The van der Waals surface area contributed by atoms with Crippen LogP contribution in [0, 0.1) is 6.07 Å². The van der Waals surface area contributed by atoms with Crippen molar-refractivity contribution in [2.75, 3.05) is 0 Å². The van der Waals surface area contributed by atoms with E-state index in [-0.39, 0.29) is 26.2 Å². The highest BCUT2D eigenvalue weighted by molar-refractivity contribution is 9.11. The zero-order chi connectivity index (χ0) is 8.59. The summed E-state index contributed by atoms with van der Waals surface area (Å²) in [6, 6.07) is 2.20. The Morgan fingerprint density at radius 1 is 0.909 bits per heavy atom. The van der Waals surface area contributed by atoms with Gasteiger partial charge >= 0.3 is 0 Å². The molecule has 0 saturated carbocycles. The lowest BCUT2D eigenvalue weighted by atomic mass is 10.3. The molecule has 1 rings (SSSR count). The lowest BCUT2D eigenvalue weighted by Crippen LogP contribution is -1.76. The molecule has 0 heterocycles. The Morgan fingerprint density at radius 2 is 1.27 bits per heavy atom. The van der Waals surface area contributed by atoms with Crippen LogP contribution in [0.15, 0.2) is 8.95 Å². The van der Waals surface area contributed by atoms with Gasteiger partial charge in [-0.2, -0.15) is 0 Å². The number of halogens is 2. The van der Waals surface area contributed by atoms with Crippen LogP contribution in [0.25, 0.3) is 0 Å². The number of phenolic OH excluding ortho intramolecular Hbond substituents is 3. The predicted octanol–water partition coefficient (Wildman–Crippen LogP) is 2.13. The molecular weight excluding hydrogens is 280 g/mol. The molecule has 0 atom stereocenters. The predicted molar refractivity (Wildman–Crippen MR) is 45.7 cm³/mol. The van der Waals surface area contributed by atoms with E-state index in [0.29, 0.717) is 0 Å². The number of hydrogen-bond acceptors (Lipinski definition) is 3. The molecule has 5 heteroatoms. The summed E-state index contributed by atoms with van der Waals surface area (Å²) in [5, 5.41) is 27.1. The molecule has 0 aliphatic heterocycles. The minimum Gasteiger partial charge on any atom is -0.506 e. The third kappa shape index (κ3) is 1.44. The summed E-state index contributed by atoms with van der Waals surface area (Å²) in [5.74, 6) is -0.912. The smallest absolute Gasteiger partial charge is 0.151 e. The standard InChI is InChI=1S/C6H3Br2O3/c7-4-2(9)1-3(10)5(8)6(4)11/h9-11H. The van der Waals surface area contributed by atoms with Crippen LogP contribution in [0.5, 0.6) is 17.2 Å². The van der Waals surface area contributed by atoms with Crippen molar-refractivity contribution < 1.29 is 15.3 Å². The number of rotatable bonds is 0. The average molecular weight is 283 g/mol. The quantitative estimate of drug-likeness (QED) is 0.683. The fourth-order valence-electron chi connectivity index (χ4n) is 0.543. The van der Waals surface area contributed by atoms with Gasteiger partial charge in [0.25, 0.3) is 0 Å². The van der Waals surface area contributed by atoms with Gasteiger partial charge in [-0.1, -0.05) is 0 Å². The number of benzene rings is 1. The molecule has 0 aliphatic carbocycles. The van der Waals surface area contributed by atoms with Crippen LogP contribution >= 0.6 is 31.9 Å². The fourth-order valence-corrected chi connectivity index (χ4v) is 1.40. The summed E-state index contributed by atoms with van der Waals surface area (Å²) in [4.78, 5) is 0. The Kier molecular flexibility index (Phi) is 2.29. The molecule has 1 aromatic carbocycles. The molecule has 0 aromatic heterocycles. The Bertz CT molecular complexity index is 272. The Hall–Kier alpha value is -0.420. The monoisotopic (exact) mass is 281 g/mol. The van der Waals surface area contributed by atoms with Gasteiger partial charge in [0.2, 0.25) is 0 Å². The van der Waals surface area contributed by atoms with E-state index in [9.17, 15) is 0 Å². The lowest BCUT2D eigenvalue weighted by Gasteiger charge is -2.03. The minimum atomic E-state index is -0.330. The summed E-state index contributed by atoms with van der Waals surface area (Å²) >= 11 is 5.78. The van der Waals surface area contributed by atoms with Gasteiger partial charge in [-0.3, -0.25) is 0 Å². The zero-order valence-corrected chi connectivity index (χ0v) is 8.27. The molecule has 59 valence electrons. The van der Waals surface area contributed by atoms with Gasteiger partial charge in [0.05, 0.1) is 6.07 Å². The van der Waals surface area contributed by atoms with Gasteiger partial charge in [0, 0.05) is 0 Å². The van der Waals surface area contributed by atoms with E-state index in [1.54, 1.807) is 0 Å². The van der Waals surface area contributed by atoms with Gasteiger partial charge in [0.1, 0.15) is 20.4 Å². The third-order valence-corrected chi connectivity index (χ3v) is 2.57. The second-order valence-corrected chi connectivity index (χ2v) is 3.38. The van der Waals surface area contributed by atoms with E-state index < -0.39 is 0 Å². The molecule has 0 fully saturated rings. The first-order chi connectivity index (χ1) is 5.04. The Balaban J connectivity index is 3.46. The van der Waals surface area contributed by atoms with Crippen molar-refractivity contribution >= 4 is 31.9 Å². The molecule has 0 aliphatic rings. The van der Waals surface area contributed by atoms with E-state index >= 15 is 0 Å². The topological polar surface area (TPSA) is 60.7 Å². The molecule has 1 radical (unpaired) electrons. The SMILES string of the molecule is Oc1[c]c(O)c(Br)c(O)c1Br.